The number of aromatic nitrogens is 5. The first kappa shape index (κ1) is 12.5. The van der Waals surface area contributed by atoms with Crippen molar-refractivity contribution < 1.29 is 0 Å². The Kier molecular flexibility index (Phi) is 3.16. The molecule has 108 valence electrons. The van der Waals surface area contributed by atoms with Crippen LogP contribution in [0, 0.1) is 0 Å². The second-order valence-corrected chi connectivity index (χ2v) is 5.56. The van der Waals surface area contributed by atoms with Gasteiger partial charge >= 0.3 is 0 Å². The number of fused-ring (bicyclic) bond motifs is 1. The summed E-state index contributed by atoms with van der Waals surface area (Å²) in [6.45, 7) is 0.987. The van der Waals surface area contributed by atoms with Crippen molar-refractivity contribution in [3.05, 3.63) is 36.4 Å². The van der Waals surface area contributed by atoms with E-state index in [2.05, 4.69) is 25.6 Å². The third-order valence-electron chi connectivity index (χ3n) is 4.10. The van der Waals surface area contributed by atoms with Crippen LogP contribution in [-0.4, -0.2) is 37.5 Å². The van der Waals surface area contributed by atoms with E-state index in [0.717, 1.165) is 41.6 Å². The SMILES string of the molecule is c1cn(-c2ccc3[nH]c(CCNC4CCC4)nc3c2)nn1. The van der Waals surface area contributed by atoms with Crippen molar-refractivity contribution in [2.24, 2.45) is 0 Å². The van der Waals surface area contributed by atoms with Crippen LogP contribution in [-0.2, 0) is 6.42 Å². The van der Waals surface area contributed by atoms with Crippen LogP contribution in [0.2, 0.25) is 0 Å². The molecule has 1 fully saturated rings. The fourth-order valence-electron chi connectivity index (χ4n) is 2.66. The first-order chi connectivity index (χ1) is 10.4. The number of rotatable bonds is 5. The maximum atomic E-state index is 4.67. The fourth-order valence-corrected chi connectivity index (χ4v) is 2.66. The number of aromatic amines is 1. The zero-order valence-corrected chi connectivity index (χ0v) is 11.8. The van der Waals surface area contributed by atoms with Crippen LogP contribution >= 0.6 is 0 Å². The van der Waals surface area contributed by atoms with Gasteiger partial charge in [-0.2, -0.15) is 0 Å². The van der Waals surface area contributed by atoms with Gasteiger partial charge in [0.2, 0.25) is 0 Å². The van der Waals surface area contributed by atoms with E-state index in [1.807, 2.05) is 24.4 Å². The van der Waals surface area contributed by atoms with Crippen molar-refractivity contribution in [3.8, 4) is 5.69 Å². The minimum absolute atomic E-state index is 0.730. The maximum Gasteiger partial charge on any atom is 0.108 e. The lowest BCUT2D eigenvalue weighted by molar-refractivity contribution is 0.341. The molecule has 0 bridgehead atoms. The largest absolute Gasteiger partial charge is 0.342 e. The number of nitrogens with zero attached hydrogens (tertiary/aromatic N) is 4. The van der Waals surface area contributed by atoms with Crippen molar-refractivity contribution in [1.82, 2.24) is 30.3 Å². The molecule has 6 nitrogen and oxygen atoms in total. The van der Waals surface area contributed by atoms with Crippen molar-refractivity contribution >= 4 is 11.0 Å². The van der Waals surface area contributed by atoms with E-state index in [9.17, 15) is 0 Å². The van der Waals surface area contributed by atoms with Gasteiger partial charge in [-0.05, 0) is 31.0 Å². The molecule has 2 N–H and O–H groups in total. The van der Waals surface area contributed by atoms with Gasteiger partial charge in [-0.15, -0.1) is 5.10 Å². The maximum absolute atomic E-state index is 4.67. The Morgan fingerprint density at radius 3 is 3.05 bits per heavy atom. The number of hydrogen-bond acceptors (Lipinski definition) is 4. The van der Waals surface area contributed by atoms with E-state index in [4.69, 9.17) is 0 Å². The van der Waals surface area contributed by atoms with E-state index in [-0.39, 0.29) is 0 Å². The molecule has 0 aliphatic heterocycles. The summed E-state index contributed by atoms with van der Waals surface area (Å²) >= 11 is 0. The van der Waals surface area contributed by atoms with Gasteiger partial charge < -0.3 is 10.3 Å². The van der Waals surface area contributed by atoms with Crippen molar-refractivity contribution in [2.45, 2.75) is 31.7 Å². The molecule has 0 saturated heterocycles. The van der Waals surface area contributed by atoms with E-state index in [0.29, 0.717) is 0 Å². The van der Waals surface area contributed by atoms with Crippen molar-refractivity contribution in [1.29, 1.82) is 0 Å². The zero-order chi connectivity index (χ0) is 14.1. The Hall–Kier alpha value is -2.21. The number of H-pyrrole nitrogens is 1. The van der Waals surface area contributed by atoms with E-state index >= 15 is 0 Å². The lowest BCUT2D eigenvalue weighted by Crippen LogP contribution is -2.36. The highest BCUT2D eigenvalue weighted by Crippen LogP contribution is 2.18. The van der Waals surface area contributed by atoms with Crippen LogP contribution in [0.1, 0.15) is 25.1 Å². The average Bonchev–Trinajstić information content (AvgIpc) is 3.09. The lowest BCUT2D eigenvalue weighted by atomic mass is 9.93. The zero-order valence-electron chi connectivity index (χ0n) is 11.8. The van der Waals surface area contributed by atoms with E-state index in [1.54, 1.807) is 10.9 Å². The predicted molar refractivity (Wildman–Crippen MR) is 80.4 cm³/mol. The van der Waals surface area contributed by atoms with Gasteiger partial charge in [0.05, 0.1) is 29.1 Å². The Bertz CT molecular complexity index is 726. The van der Waals surface area contributed by atoms with E-state index < -0.39 is 0 Å². The van der Waals surface area contributed by atoms with Crippen LogP contribution in [0.4, 0.5) is 0 Å². The summed E-state index contributed by atoms with van der Waals surface area (Å²) in [4.78, 5) is 8.05. The number of hydrogen-bond donors (Lipinski definition) is 2. The van der Waals surface area contributed by atoms with Gasteiger partial charge in [0.15, 0.2) is 0 Å². The molecule has 4 rings (SSSR count). The summed E-state index contributed by atoms with van der Waals surface area (Å²) in [5, 5.41) is 11.4. The molecule has 0 spiro atoms. The molecule has 3 aromatic rings. The van der Waals surface area contributed by atoms with Gasteiger partial charge in [-0.3, -0.25) is 0 Å². The topological polar surface area (TPSA) is 71.4 Å². The van der Waals surface area contributed by atoms with Gasteiger partial charge in [0.25, 0.3) is 0 Å². The molecule has 2 aromatic heterocycles. The Balaban J connectivity index is 1.49. The number of imidazole rings is 1. The fraction of sp³-hybridized carbons (Fsp3) is 0.400. The average molecular weight is 282 g/mol. The molecular weight excluding hydrogens is 264 g/mol. The van der Waals surface area contributed by atoms with Crippen molar-refractivity contribution in [3.63, 3.8) is 0 Å². The highest BCUT2D eigenvalue weighted by Gasteiger charge is 2.16. The quantitative estimate of drug-likeness (QED) is 0.749. The molecule has 2 heterocycles. The molecular formula is C15H18N6. The molecule has 0 radical (unpaired) electrons. The van der Waals surface area contributed by atoms with Crippen LogP contribution in [0.15, 0.2) is 30.6 Å². The summed E-state index contributed by atoms with van der Waals surface area (Å²) in [5.74, 6) is 1.03. The summed E-state index contributed by atoms with van der Waals surface area (Å²) < 4.78 is 1.74. The Labute approximate surface area is 122 Å². The monoisotopic (exact) mass is 282 g/mol. The minimum atomic E-state index is 0.730. The van der Waals surface area contributed by atoms with Gasteiger partial charge in [0, 0.05) is 19.0 Å². The first-order valence-electron chi connectivity index (χ1n) is 7.47. The molecule has 0 atom stereocenters. The summed E-state index contributed by atoms with van der Waals surface area (Å²) in [6.07, 6.45) is 8.45. The second-order valence-electron chi connectivity index (χ2n) is 5.56. The number of benzene rings is 1. The summed E-state index contributed by atoms with van der Waals surface area (Å²) in [6, 6.07) is 6.82. The van der Waals surface area contributed by atoms with Crippen LogP contribution in [0.25, 0.3) is 16.7 Å². The van der Waals surface area contributed by atoms with E-state index in [1.165, 1.54) is 19.3 Å². The molecule has 21 heavy (non-hydrogen) atoms. The molecule has 1 saturated carbocycles. The van der Waals surface area contributed by atoms with Crippen molar-refractivity contribution in [2.75, 3.05) is 6.54 Å². The normalized spacial score (nSPS) is 15.4. The standard InChI is InChI=1S/C15H18N6/c1-2-11(3-1)16-7-6-15-18-13-5-4-12(10-14(13)19-15)21-9-8-17-20-21/h4-5,8-11,16H,1-3,6-7H2,(H,18,19). The third-order valence-corrected chi connectivity index (χ3v) is 4.10. The summed E-state index contributed by atoms with van der Waals surface area (Å²) in [5.41, 5.74) is 3.02. The van der Waals surface area contributed by atoms with Crippen LogP contribution in [0.5, 0.6) is 0 Å². The lowest BCUT2D eigenvalue weighted by Gasteiger charge is -2.26. The van der Waals surface area contributed by atoms with Crippen LogP contribution in [0.3, 0.4) is 0 Å². The smallest absolute Gasteiger partial charge is 0.108 e. The summed E-state index contributed by atoms with van der Waals surface area (Å²) in [7, 11) is 0. The second kappa shape index (κ2) is 5.29. The molecule has 0 amide bonds. The molecule has 1 aliphatic rings. The molecule has 0 unspecified atom stereocenters. The predicted octanol–water partition coefficient (Wildman–Crippen LogP) is 1.83. The molecule has 6 heteroatoms. The van der Waals surface area contributed by atoms with Gasteiger partial charge in [0.1, 0.15) is 5.82 Å². The van der Waals surface area contributed by atoms with Crippen LogP contribution < -0.4 is 5.32 Å². The Morgan fingerprint density at radius 1 is 1.33 bits per heavy atom. The highest BCUT2D eigenvalue weighted by atomic mass is 15.4. The highest BCUT2D eigenvalue weighted by molar-refractivity contribution is 5.77. The van der Waals surface area contributed by atoms with Gasteiger partial charge in [-0.1, -0.05) is 11.6 Å². The molecule has 1 aliphatic carbocycles. The van der Waals surface area contributed by atoms with Gasteiger partial charge in [-0.25, -0.2) is 9.67 Å². The molecule has 1 aromatic carbocycles. The first-order valence-corrected chi connectivity index (χ1v) is 7.47. The number of nitrogens with one attached hydrogen (secondary N) is 2. The minimum Gasteiger partial charge on any atom is -0.342 e. The third kappa shape index (κ3) is 2.54. The Morgan fingerprint density at radius 2 is 2.29 bits per heavy atom.